The van der Waals surface area contributed by atoms with E-state index in [1.165, 1.54) is 11.4 Å². The lowest BCUT2D eigenvalue weighted by atomic mass is 10.1. The molecule has 2 heterocycles. The predicted octanol–water partition coefficient (Wildman–Crippen LogP) is 3.24. The van der Waals surface area contributed by atoms with E-state index in [-0.39, 0.29) is 16.2 Å². The van der Waals surface area contributed by atoms with Gasteiger partial charge in [0.25, 0.3) is 6.43 Å². The number of aromatic amines is 1. The van der Waals surface area contributed by atoms with Gasteiger partial charge in [0.05, 0.1) is 10.6 Å². The molecule has 0 spiro atoms. The van der Waals surface area contributed by atoms with Gasteiger partial charge in [-0.15, -0.1) is 11.3 Å². The molecule has 15 heavy (non-hydrogen) atoms. The number of halogens is 2. The molecule has 0 bridgehead atoms. The van der Waals surface area contributed by atoms with Crippen molar-refractivity contribution in [1.82, 2.24) is 4.98 Å². The van der Waals surface area contributed by atoms with E-state index in [1.807, 2.05) is 0 Å². The zero-order chi connectivity index (χ0) is 10.8. The molecule has 1 N–H and O–H groups in total. The van der Waals surface area contributed by atoms with E-state index in [0.29, 0.717) is 5.69 Å². The zero-order valence-corrected chi connectivity index (χ0v) is 8.35. The number of thiophene rings is 1. The SMILES string of the molecule is O=C(c1ccc[nH]1)c1sccc1C(F)F. The fraction of sp³-hybridized carbons (Fsp3) is 0.100. The van der Waals surface area contributed by atoms with Gasteiger partial charge in [0.15, 0.2) is 0 Å². The molecule has 78 valence electrons. The van der Waals surface area contributed by atoms with Crippen LogP contribution in [0.15, 0.2) is 29.8 Å². The molecule has 2 aromatic rings. The fourth-order valence-corrected chi connectivity index (χ4v) is 2.13. The van der Waals surface area contributed by atoms with E-state index in [0.717, 1.165) is 11.3 Å². The lowest BCUT2D eigenvalue weighted by Gasteiger charge is -1.99. The van der Waals surface area contributed by atoms with Crippen LogP contribution in [-0.4, -0.2) is 10.8 Å². The summed E-state index contributed by atoms with van der Waals surface area (Å²) >= 11 is 1.03. The standard InChI is InChI=1S/C10H7F2NOS/c11-10(12)6-3-5-15-9(6)8(14)7-2-1-4-13-7/h1-5,10,13H. The molecular weight excluding hydrogens is 220 g/mol. The van der Waals surface area contributed by atoms with Gasteiger partial charge in [0.1, 0.15) is 0 Å². The van der Waals surface area contributed by atoms with Crippen molar-refractivity contribution in [3.05, 3.63) is 45.9 Å². The van der Waals surface area contributed by atoms with Crippen LogP contribution in [-0.2, 0) is 0 Å². The molecule has 0 atom stereocenters. The van der Waals surface area contributed by atoms with Crippen molar-refractivity contribution in [1.29, 1.82) is 0 Å². The summed E-state index contributed by atoms with van der Waals surface area (Å²) in [6.07, 6.45) is -1.02. The van der Waals surface area contributed by atoms with Crippen LogP contribution in [0.3, 0.4) is 0 Å². The maximum Gasteiger partial charge on any atom is 0.265 e. The number of nitrogens with one attached hydrogen (secondary N) is 1. The van der Waals surface area contributed by atoms with Gasteiger partial charge in [-0.2, -0.15) is 0 Å². The van der Waals surface area contributed by atoms with Crippen LogP contribution in [0.1, 0.15) is 27.4 Å². The van der Waals surface area contributed by atoms with Crippen LogP contribution in [0.2, 0.25) is 0 Å². The number of ketones is 1. The van der Waals surface area contributed by atoms with Crippen molar-refractivity contribution in [2.45, 2.75) is 6.43 Å². The van der Waals surface area contributed by atoms with E-state index in [2.05, 4.69) is 4.98 Å². The van der Waals surface area contributed by atoms with Gasteiger partial charge >= 0.3 is 0 Å². The van der Waals surface area contributed by atoms with Crippen molar-refractivity contribution in [2.24, 2.45) is 0 Å². The number of carbonyl (C=O) groups excluding carboxylic acids is 1. The lowest BCUT2D eigenvalue weighted by molar-refractivity contribution is 0.102. The summed E-state index contributed by atoms with van der Waals surface area (Å²) in [5.74, 6) is -0.384. The van der Waals surface area contributed by atoms with Gasteiger partial charge in [-0.05, 0) is 23.6 Å². The molecule has 0 unspecified atom stereocenters. The van der Waals surface area contributed by atoms with Gasteiger partial charge in [-0.1, -0.05) is 0 Å². The second-order valence-corrected chi connectivity index (χ2v) is 3.83. The van der Waals surface area contributed by atoms with Crippen molar-refractivity contribution >= 4 is 17.1 Å². The topological polar surface area (TPSA) is 32.9 Å². The van der Waals surface area contributed by atoms with Crippen molar-refractivity contribution in [3.63, 3.8) is 0 Å². The highest BCUT2D eigenvalue weighted by Gasteiger charge is 2.21. The highest BCUT2D eigenvalue weighted by atomic mass is 32.1. The first kappa shape index (κ1) is 10.0. The molecule has 2 aromatic heterocycles. The quantitative estimate of drug-likeness (QED) is 0.802. The molecule has 0 saturated heterocycles. The van der Waals surface area contributed by atoms with Crippen LogP contribution < -0.4 is 0 Å². The van der Waals surface area contributed by atoms with Crippen LogP contribution in [0, 0.1) is 0 Å². The normalized spacial score (nSPS) is 10.9. The monoisotopic (exact) mass is 227 g/mol. The minimum atomic E-state index is -2.61. The summed E-state index contributed by atoms with van der Waals surface area (Å²) in [6, 6.07) is 4.51. The Labute approximate surface area is 88.6 Å². The maximum absolute atomic E-state index is 12.5. The molecule has 0 aliphatic carbocycles. The van der Waals surface area contributed by atoms with Crippen molar-refractivity contribution in [2.75, 3.05) is 0 Å². The van der Waals surface area contributed by atoms with E-state index >= 15 is 0 Å². The second kappa shape index (κ2) is 3.94. The molecule has 2 rings (SSSR count). The highest BCUT2D eigenvalue weighted by molar-refractivity contribution is 7.12. The highest BCUT2D eigenvalue weighted by Crippen LogP contribution is 2.28. The molecule has 0 fully saturated rings. The van der Waals surface area contributed by atoms with Gasteiger partial charge in [0, 0.05) is 11.8 Å². The number of aromatic nitrogens is 1. The van der Waals surface area contributed by atoms with E-state index in [1.54, 1.807) is 18.3 Å². The summed E-state index contributed by atoms with van der Waals surface area (Å²) in [5, 5.41) is 1.50. The van der Waals surface area contributed by atoms with E-state index in [4.69, 9.17) is 0 Å². The third-order valence-electron chi connectivity index (χ3n) is 1.98. The smallest absolute Gasteiger partial charge is 0.265 e. The fourth-order valence-electron chi connectivity index (χ4n) is 1.27. The Morgan fingerprint density at radius 1 is 1.40 bits per heavy atom. The Bertz CT molecular complexity index is 461. The maximum atomic E-state index is 12.5. The van der Waals surface area contributed by atoms with Gasteiger partial charge in [-0.3, -0.25) is 4.79 Å². The second-order valence-electron chi connectivity index (χ2n) is 2.92. The number of alkyl halides is 2. The van der Waals surface area contributed by atoms with Crippen LogP contribution in [0.4, 0.5) is 8.78 Å². The molecule has 0 aliphatic heterocycles. The average Bonchev–Trinajstić information content (AvgIpc) is 2.88. The third kappa shape index (κ3) is 1.83. The summed E-state index contributed by atoms with van der Waals surface area (Å²) in [4.78, 5) is 14.5. The average molecular weight is 227 g/mol. The van der Waals surface area contributed by atoms with Crippen molar-refractivity contribution in [3.8, 4) is 0 Å². The molecule has 0 aliphatic rings. The van der Waals surface area contributed by atoms with Gasteiger partial charge in [-0.25, -0.2) is 8.78 Å². The first-order chi connectivity index (χ1) is 7.20. The summed E-state index contributed by atoms with van der Waals surface area (Å²) in [5.41, 5.74) is 0.138. The first-order valence-electron chi connectivity index (χ1n) is 4.24. The van der Waals surface area contributed by atoms with Gasteiger partial charge in [0.2, 0.25) is 5.78 Å². The summed E-state index contributed by atoms with van der Waals surface area (Å²) < 4.78 is 25.0. The van der Waals surface area contributed by atoms with Crippen LogP contribution in [0.25, 0.3) is 0 Å². The molecule has 2 nitrogen and oxygen atoms in total. The number of rotatable bonds is 3. The molecule has 5 heteroatoms. The lowest BCUT2D eigenvalue weighted by Crippen LogP contribution is -2.02. The number of hydrogen-bond donors (Lipinski definition) is 1. The Morgan fingerprint density at radius 2 is 2.20 bits per heavy atom. The Kier molecular flexibility index (Phi) is 2.64. The molecule has 0 radical (unpaired) electrons. The molecular formula is C10H7F2NOS. The number of carbonyl (C=O) groups is 1. The van der Waals surface area contributed by atoms with E-state index < -0.39 is 6.43 Å². The minimum absolute atomic E-state index is 0.104. The van der Waals surface area contributed by atoms with E-state index in [9.17, 15) is 13.6 Å². The molecule has 0 amide bonds. The third-order valence-corrected chi connectivity index (χ3v) is 2.91. The number of H-pyrrole nitrogens is 1. The summed E-state index contributed by atoms with van der Waals surface area (Å²) in [6.45, 7) is 0. The summed E-state index contributed by atoms with van der Waals surface area (Å²) in [7, 11) is 0. The molecule has 0 saturated carbocycles. The van der Waals surface area contributed by atoms with Crippen molar-refractivity contribution < 1.29 is 13.6 Å². The minimum Gasteiger partial charge on any atom is -0.358 e. The van der Waals surface area contributed by atoms with Gasteiger partial charge < -0.3 is 4.98 Å². The molecule has 0 aromatic carbocycles. The Morgan fingerprint density at radius 3 is 2.80 bits per heavy atom. The van der Waals surface area contributed by atoms with Crippen LogP contribution in [0.5, 0.6) is 0 Å². The number of hydrogen-bond acceptors (Lipinski definition) is 2. The Hall–Kier alpha value is -1.49. The van der Waals surface area contributed by atoms with Crippen LogP contribution >= 0.6 is 11.3 Å². The first-order valence-corrected chi connectivity index (χ1v) is 5.11. The Balaban J connectivity index is 2.38. The zero-order valence-electron chi connectivity index (χ0n) is 7.54. The predicted molar refractivity (Wildman–Crippen MR) is 53.5 cm³/mol. The largest absolute Gasteiger partial charge is 0.358 e.